The molecule has 110 valence electrons. The summed E-state index contributed by atoms with van der Waals surface area (Å²) in [5.74, 6) is 0. The molecule has 0 spiro atoms. The van der Waals surface area contributed by atoms with E-state index in [0.29, 0.717) is 0 Å². The molecule has 2 aromatic rings. The van der Waals surface area contributed by atoms with Crippen molar-refractivity contribution < 1.29 is 4.74 Å². The number of thiophene rings is 2. The summed E-state index contributed by atoms with van der Waals surface area (Å²) in [6.07, 6.45) is 0. The molecule has 0 aliphatic heterocycles. The molecule has 0 bridgehead atoms. The van der Waals surface area contributed by atoms with Gasteiger partial charge < -0.3 is 15.0 Å². The Morgan fingerprint density at radius 3 is 2.90 bits per heavy atom. The molecule has 0 saturated carbocycles. The van der Waals surface area contributed by atoms with Crippen LogP contribution in [0.15, 0.2) is 29.0 Å². The minimum absolute atomic E-state index is 0.775. The van der Waals surface area contributed by atoms with Crippen molar-refractivity contribution in [1.82, 2.24) is 10.2 Å². The third kappa shape index (κ3) is 5.34. The molecule has 3 nitrogen and oxygen atoms in total. The van der Waals surface area contributed by atoms with Crippen LogP contribution in [0, 0.1) is 0 Å². The van der Waals surface area contributed by atoms with Gasteiger partial charge in [-0.05, 0) is 37.0 Å². The minimum Gasteiger partial charge on any atom is -0.379 e. The van der Waals surface area contributed by atoms with E-state index in [1.165, 1.54) is 15.3 Å². The van der Waals surface area contributed by atoms with Gasteiger partial charge in [-0.25, -0.2) is 0 Å². The van der Waals surface area contributed by atoms with Gasteiger partial charge in [0.15, 0.2) is 0 Å². The van der Waals surface area contributed by atoms with Crippen LogP contribution < -0.4 is 5.32 Å². The number of nitrogens with one attached hydrogen (secondary N) is 1. The Balaban J connectivity index is 1.60. The van der Waals surface area contributed by atoms with Gasteiger partial charge in [-0.15, -0.1) is 22.7 Å². The number of rotatable bonds is 9. The zero-order chi connectivity index (χ0) is 14.2. The van der Waals surface area contributed by atoms with E-state index in [1.54, 1.807) is 11.3 Å². The van der Waals surface area contributed by atoms with Gasteiger partial charge in [0.05, 0.1) is 13.2 Å². The Kier molecular flexibility index (Phi) is 6.69. The highest BCUT2D eigenvalue weighted by Gasteiger charge is 2.02. The fraction of sp³-hybridized carbons (Fsp3) is 0.467. The van der Waals surface area contributed by atoms with E-state index in [-0.39, 0.29) is 0 Å². The summed E-state index contributed by atoms with van der Waals surface area (Å²) in [5, 5.41) is 7.78. The van der Waals surface area contributed by atoms with Crippen LogP contribution in [0.5, 0.6) is 0 Å². The lowest BCUT2D eigenvalue weighted by Crippen LogP contribution is -2.22. The second-order valence-electron chi connectivity index (χ2n) is 4.87. The lowest BCUT2D eigenvalue weighted by molar-refractivity contribution is 0.119. The van der Waals surface area contributed by atoms with Gasteiger partial charge in [-0.3, -0.25) is 0 Å². The van der Waals surface area contributed by atoms with Crippen molar-refractivity contribution in [2.24, 2.45) is 0 Å². The van der Waals surface area contributed by atoms with E-state index < -0.39 is 0 Å². The van der Waals surface area contributed by atoms with Gasteiger partial charge in [0, 0.05) is 35.0 Å². The zero-order valence-corrected chi connectivity index (χ0v) is 13.7. The van der Waals surface area contributed by atoms with E-state index in [9.17, 15) is 0 Å². The predicted octanol–water partition coefficient (Wildman–Crippen LogP) is 3.14. The van der Waals surface area contributed by atoms with E-state index in [1.807, 2.05) is 11.3 Å². The fourth-order valence-electron chi connectivity index (χ4n) is 1.75. The molecule has 0 aromatic carbocycles. The molecule has 0 fully saturated rings. The van der Waals surface area contributed by atoms with Crippen LogP contribution in [0.2, 0.25) is 0 Å². The first-order valence-electron chi connectivity index (χ1n) is 6.80. The molecule has 0 atom stereocenters. The molecule has 0 radical (unpaired) electrons. The number of ether oxygens (including phenoxy) is 1. The lowest BCUT2D eigenvalue weighted by Gasteiger charge is -2.09. The van der Waals surface area contributed by atoms with Crippen LogP contribution in [0.3, 0.4) is 0 Å². The molecule has 5 heteroatoms. The lowest BCUT2D eigenvalue weighted by atomic mass is 10.2. The predicted molar refractivity (Wildman–Crippen MR) is 88.7 cm³/mol. The SMILES string of the molecule is CN(C)CCOCCNCc1cc(-c2cccs2)cs1. The standard InChI is InChI=1S/C15H22N2OS2/c1-17(2)6-8-18-7-5-16-11-14-10-13(12-20-14)15-4-3-9-19-15/h3-4,9-10,12,16H,5-8,11H2,1-2H3. The summed E-state index contributed by atoms with van der Waals surface area (Å²) < 4.78 is 5.55. The van der Waals surface area contributed by atoms with Crippen molar-refractivity contribution >= 4 is 22.7 Å². The fourth-order valence-corrected chi connectivity index (χ4v) is 3.39. The number of hydrogen-bond donors (Lipinski definition) is 1. The van der Waals surface area contributed by atoms with Crippen LogP contribution in [0.25, 0.3) is 10.4 Å². The quantitative estimate of drug-likeness (QED) is 0.720. The molecule has 20 heavy (non-hydrogen) atoms. The van der Waals surface area contributed by atoms with Crippen LogP contribution in [-0.2, 0) is 11.3 Å². The second kappa shape index (κ2) is 8.54. The molecule has 0 aliphatic rings. The van der Waals surface area contributed by atoms with Crippen LogP contribution >= 0.6 is 22.7 Å². The van der Waals surface area contributed by atoms with Crippen LogP contribution in [0.1, 0.15) is 4.88 Å². The normalized spacial score (nSPS) is 11.3. The monoisotopic (exact) mass is 310 g/mol. The van der Waals surface area contributed by atoms with Gasteiger partial charge >= 0.3 is 0 Å². The summed E-state index contributed by atoms with van der Waals surface area (Å²) in [7, 11) is 4.12. The Morgan fingerprint density at radius 2 is 2.15 bits per heavy atom. The second-order valence-corrected chi connectivity index (χ2v) is 6.81. The van der Waals surface area contributed by atoms with Crippen molar-refractivity contribution in [1.29, 1.82) is 0 Å². The summed E-state index contributed by atoms with van der Waals surface area (Å²) in [6.45, 7) is 4.38. The van der Waals surface area contributed by atoms with Crippen LogP contribution in [0.4, 0.5) is 0 Å². The van der Waals surface area contributed by atoms with E-state index >= 15 is 0 Å². The summed E-state index contributed by atoms with van der Waals surface area (Å²) >= 11 is 3.61. The minimum atomic E-state index is 0.775. The highest BCUT2D eigenvalue weighted by molar-refractivity contribution is 7.14. The van der Waals surface area contributed by atoms with Gasteiger partial charge in [0.1, 0.15) is 0 Å². The Labute approximate surface area is 129 Å². The molecule has 1 N–H and O–H groups in total. The molecule has 0 amide bonds. The maximum absolute atomic E-state index is 5.55. The largest absolute Gasteiger partial charge is 0.379 e. The average Bonchev–Trinajstić information content (AvgIpc) is 3.08. The van der Waals surface area contributed by atoms with Gasteiger partial charge in [-0.2, -0.15) is 0 Å². The van der Waals surface area contributed by atoms with Gasteiger partial charge in [0.2, 0.25) is 0 Å². The zero-order valence-electron chi connectivity index (χ0n) is 12.1. The molecular weight excluding hydrogens is 288 g/mol. The van der Waals surface area contributed by atoms with Crippen LogP contribution in [-0.4, -0.2) is 45.3 Å². The highest BCUT2D eigenvalue weighted by atomic mass is 32.1. The molecule has 2 heterocycles. The highest BCUT2D eigenvalue weighted by Crippen LogP contribution is 2.29. The van der Waals surface area contributed by atoms with Crippen molar-refractivity contribution in [2.75, 3.05) is 40.4 Å². The first kappa shape index (κ1) is 15.7. The molecule has 2 aromatic heterocycles. The number of hydrogen-bond acceptors (Lipinski definition) is 5. The molecular formula is C15H22N2OS2. The number of likely N-dealkylation sites (N-methyl/N-ethyl adjacent to an activating group) is 1. The molecule has 0 saturated heterocycles. The first-order chi connectivity index (χ1) is 9.75. The third-order valence-corrected chi connectivity index (χ3v) is 4.72. The van der Waals surface area contributed by atoms with Crippen molar-refractivity contribution in [3.63, 3.8) is 0 Å². The van der Waals surface area contributed by atoms with Gasteiger partial charge in [-0.1, -0.05) is 6.07 Å². The number of nitrogens with zero attached hydrogens (tertiary/aromatic N) is 1. The van der Waals surface area contributed by atoms with E-state index in [2.05, 4.69) is 53.3 Å². The summed E-state index contributed by atoms with van der Waals surface area (Å²) in [6, 6.07) is 6.54. The smallest absolute Gasteiger partial charge is 0.0593 e. The first-order valence-corrected chi connectivity index (χ1v) is 8.56. The topological polar surface area (TPSA) is 24.5 Å². The molecule has 2 rings (SSSR count). The van der Waals surface area contributed by atoms with E-state index in [4.69, 9.17) is 4.74 Å². The Hall–Kier alpha value is -0.720. The van der Waals surface area contributed by atoms with E-state index in [0.717, 1.165) is 32.8 Å². The third-order valence-electron chi connectivity index (χ3n) is 2.86. The van der Waals surface area contributed by atoms with Crippen molar-refractivity contribution in [3.05, 3.63) is 33.8 Å². The Bertz CT molecular complexity index is 480. The molecule has 0 aliphatic carbocycles. The maximum atomic E-state index is 5.55. The van der Waals surface area contributed by atoms with Crippen molar-refractivity contribution in [3.8, 4) is 10.4 Å². The maximum Gasteiger partial charge on any atom is 0.0593 e. The van der Waals surface area contributed by atoms with Crippen molar-refractivity contribution in [2.45, 2.75) is 6.54 Å². The average molecular weight is 310 g/mol. The Morgan fingerprint density at radius 1 is 1.25 bits per heavy atom. The summed E-state index contributed by atoms with van der Waals surface area (Å²) in [5.41, 5.74) is 1.34. The molecule has 0 unspecified atom stereocenters. The summed E-state index contributed by atoms with van der Waals surface area (Å²) in [4.78, 5) is 4.85. The van der Waals surface area contributed by atoms with Gasteiger partial charge in [0.25, 0.3) is 0 Å².